The van der Waals surface area contributed by atoms with Gasteiger partial charge >= 0.3 is 6.01 Å². The molecule has 1 aliphatic heterocycles. The molecule has 13 heteroatoms. The first-order chi connectivity index (χ1) is 20.2. The van der Waals surface area contributed by atoms with Gasteiger partial charge in [0.05, 0.1) is 29.9 Å². The minimum Gasteiger partial charge on any atom is -0.474 e. The molecule has 2 heterocycles. The molecule has 0 spiro atoms. The summed E-state index contributed by atoms with van der Waals surface area (Å²) in [6.07, 6.45) is 7.61. The molecule has 4 aliphatic rings. The van der Waals surface area contributed by atoms with Gasteiger partial charge in [-0.05, 0) is 51.4 Å². The Morgan fingerprint density at radius 2 is 1.86 bits per heavy atom. The number of fused-ring (bicyclic) bond motifs is 2. The van der Waals surface area contributed by atoms with Crippen molar-refractivity contribution in [3.63, 3.8) is 0 Å². The third-order valence-corrected chi connectivity index (χ3v) is 10.7. The predicted molar refractivity (Wildman–Crippen MR) is 158 cm³/mol. The van der Waals surface area contributed by atoms with Crippen LogP contribution in [0.4, 0.5) is 0 Å². The summed E-state index contributed by atoms with van der Waals surface area (Å²) in [5.41, 5.74) is -0.949. The lowest BCUT2D eigenvalue weighted by molar-refractivity contribution is -0.140. The van der Waals surface area contributed by atoms with E-state index >= 15 is 0 Å². The second-order valence-electron chi connectivity index (χ2n) is 13.4. The van der Waals surface area contributed by atoms with E-state index in [9.17, 15) is 22.8 Å². The molecular formula is C30H43N5O7S. The quantitative estimate of drug-likeness (QED) is 0.457. The van der Waals surface area contributed by atoms with Gasteiger partial charge in [-0.2, -0.15) is 9.97 Å². The highest BCUT2D eigenvalue weighted by Crippen LogP contribution is 2.47. The molecule has 1 aromatic heterocycles. The molecule has 3 fully saturated rings. The normalized spacial score (nSPS) is 30.8. The minimum absolute atomic E-state index is 0.156. The number of amides is 3. The van der Waals surface area contributed by atoms with E-state index in [-0.39, 0.29) is 36.1 Å². The van der Waals surface area contributed by atoms with E-state index in [0.717, 1.165) is 25.0 Å². The van der Waals surface area contributed by atoms with Gasteiger partial charge in [-0.3, -0.25) is 19.1 Å². The average molecular weight is 618 g/mol. The summed E-state index contributed by atoms with van der Waals surface area (Å²) in [6.45, 7) is 6.60. The third kappa shape index (κ3) is 6.81. The van der Waals surface area contributed by atoms with E-state index in [4.69, 9.17) is 9.47 Å². The number of nitrogens with zero attached hydrogens (tertiary/aromatic N) is 3. The van der Waals surface area contributed by atoms with Crippen molar-refractivity contribution in [1.29, 1.82) is 0 Å². The standard InChI is InChI=1S/C30H43N5O7S/c1-29(2,3)23-16-24(32-28(31-23)41-5)42-19-14-21-22(15-19)26(37)35(4)13-9-7-6-8-10-18-17-30(18,33-25(21)36)27(38)34-43(39,40)20-11-12-20/h8,10,16,18-22H,6-7,9,11-15,17H2,1-5H3,(H,33,36)(H,34,38)/b10-8-/t18-,19+,21+,22+,30+/m0/s1. The maximum absolute atomic E-state index is 13.9. The van der Waals surface area contributed by atoms with Crippen LogP contribution in [0.25, 0.3) is 0 Å². The van der Waals surface area contributed by atoms with E-state index < -0.39 is 50.6 Å². The number of rotatable bonds is 6. The molecule has 236 valence electrons. The summed E-state index contributed by atoms with van der Waals surface area (Å²) in [5.74, 6) is -2.82. The number of nitrogens with one attached hydrogen (secondary N) is 2. The van der Waals surface area contributed by atoms with Gasteiger partial charge in [0, 0.05) is 31.0 Å². The number of hydrogen-bond donors (Lipinski definition) is 2. The molecule has 12 nitrogen and oxygen atoms in total. The zero-order valence-electron chi connectivity index (χ0n) is 25.6. The molecule has 0 radical (unpaired) electrons. The molecule has 3 aliphatic carbocycles. The Labute approximate surface area is 253 Å². The van der Waals surface area contributed by atoms with E-state index in [2.05, 4.69) is 20.0 Å². The van der Waals surface area contributed by atoms with Gasteiger partial charge in [-0.15, -0.1) is 0 Å². The number of carbonyl (C=O) groups excluding carboxylic acids is 3. The Bertz CT molecular complexity index is 1400. The smallest absolute Gasteiger partial charge is 0.319 e. The van der Waals surface area contributed by atoms with Crippen LogP contribution in [0.15, 0.2) is 18.2 Å². The number of ether oxygens (including phenoxy) is 2. The summed E-state index contributed by atoms with van der Waals surface area (Å²) in [7, 11) is -0.580. The molecule has 3 saturated carbocycles. The van der Waals surface area contributed by atoms with Crippen LogP contribution in [0.5, 0.6) is 11.9 Å². The largest absolute Gasteiger partial charge is 0.474 e. The molecule has 1 aromatic rings. The SMILES string of the molecule is COc1nc(O[C@@H]2C[C@H]3C(=O)N[C@]4(C(=O)NS(=O)(=O)C5CC5)C[C@@H]4/C=C\CCCCN(C)C(=O)[C@@H]3C2)cc(C(C)(C)C)n1. The highest BCUT2D eigenvalue weighted by Gasteiger charge is 2.62. The fraction of sp³-hybridized carbons (Fsp3) is 0.700. The van der Waals surface area contributed by atoms with Crippen molar-refractivity contribution < 1.29 is 32.3 Å². The van der Waals surface area contributed by atoms with Crippen molar-refractivity contribution in [2.24, 2.45) is 17.8 Å². The third-order valence-electron chi connectivity index (χ3n) is 8.92. The number of methoxy groups -OCH3 is 1. The lowest BCUT2D eigenvalue weighted by atomic mass is 9.92. The van der Waals surface area contributed by atoms with Crippen LogP contribution < -0.4 is 19.5 Å². The fourth-order valence-corrected chi connectivity index (χ4v) is 7.37. The average Bonchev–Trinajstić information content (AvgIpc) is 3.86. The van der Waals surface area contributed by atoms with Crippen molar-refractivity contribution in [1.82, 2.24) is 24.9 Å². The highest BCUT2D eigenvalue weighted by molar-refractivity contribution is 7.91. The molecular weight excluding hydrogens is 574 g/mol. The summed E-state index contributed by atoms with van der Waals surface area (Å²) in [6, 6.07) is 1.91. The maximum atomic E-state index is 13.9. The Hall–Kier alpha value is -3.22. The van der Waals surface area contributed by atoms with Gasteiger partial charge in [0.2, 0.25) is 27.7 Å². The van der Waals surface area contributed by atoms with E-state index in [1.807, 2.05) is 32.9 Å². The highest BCUT2D eigenvalue weighted by atomic mass is 32.2. The van der Waals surface area contributed by atoms with Crippen LogP contribution in [-0.2, 0) is 29.8 Å². The number of carbonyl (C=O) groups is 3. The lowest BCUT2D eigenvalue weighted by Crippen LogP contribution is -2.54. The molecule has 0 unspecified atom stereocenters. The number of aromatic nitrogens is 2. The molecule has 5 atom stereocenters. The lowest BCUT2D eigenvalue weighted by Gasteiger charge is -2.26. The Morgan fingerprint density at radius 1 is 1.14 bits per heavy atom. The van der Waals surface area contributed by atoms with Crippen molar-refractivity contribution in [2.45, 2.75) is 94.4 Å². The van der Waals surface area contributed by atoms with Crippen LogP contribution in [-0.4, -0.2) is 78.6 Å². The van der Waals surface area contributed by atoms with E-state index in [1.54, 1.807) is 18.0 Å². The van der Waals surface area contributed by atoms with Gasteiger partial charge in [0.1, 0.15) is 11.6 Å². The molecule has 2 N–H and O–H groups in total. The second-order valence-corrected chi connectivity index (χ2v) is 15.3. The zero-order valence-corrected chi connectivity index (χ0v) is 26.4. The summed E-state index contributed by atoms with van der Waals surface area (Å²) < 4.78 is 39.0. The van der Waals surface area contributed by atoms with E-state index in [1.165, 1.54) is 7.11 Å². The van der Waals surface area contributed by atoms with Crippen molar-refractivity contribution in [3.05, 3.63) is 23.9 Å². The Kier molecular flexibility index (Phi) is 8.49. The van der Waals surface area contributed by atoms with Crippen LogP contribution in [0.3, 0.4) is 0 Å². The van der Waals surface area contributed by atoms with Crippen molar-refractivity contribution in [2.75, 3.05) is 20.7 Å². The number of allylic oxidation sites excluding steroid dienone is 1. The van der Waals surface area contributed by atoms with Gasteiger partial charge in [0.25, 0.3) is 5.91 Å². The molecule has 0 bridgehead atoms. The van der Waals surface area contributed by atoms with Gasteiger partial charge in [-0.25, -0.2) is 8.42 Å². The number of hydrogen-bond acceptors (Lipinski definition) is 9. The minimum atomic E-state index is -3.80. The monoisotopic (exact) mass is 617 g/mol. The van der Waals surface area contributed by atoms with Gasteiger partial charge < -0.3 is 19.7 Å². The second kappa shape index (κ2) is 11.7. The van der Waals surface area contributed by atoms with Gasteiger partial charge in [0.15, 0.2) is 0 Å². The first-order valence-corrected chi connectivity index (χ1v) is 16.7. The Morgan fingerprint density at radius 3 is 2.53 bits per heavy atom. The molecule has 43 heavy (non-hydrogen) atoms. The fourth-order valence-electron chi connectivity index (χ4n) is 6.00. The summed E-state index contributed by atoms with van der Waals surface area (Å²) >= 11 is 0. The maximum Gasteiger partial charge on any atom is 0.319 e. The Balaban J connectivity index is 1.41. The van der Waals surface area contributed by atoms with Crippen molar-refractivity contribution in [3.8, 4) is 11.9 Å². The van der Waals surface area contributed by atoms with Crippen molar-refractivity contribution >= 4 is 27.7 Å². The van der Waals surface area contributed by atoms with Gasteiger partial charge in [-0.1, -0.05) is 32.9 Å². The summed E-state index contributed by atoms with van der Waals surface area (Å²) in [4.78, 5) is 51.5. The topological polar surface area (TPSA) is 157 Å². The molecule has 3 amide bonds. The van der Waals surface area contributed by atoms with E-state index in [0.29, 0.717) is 31.7 Å². The molecule has 0 aromatic carbocycles. The molecule has 0 saturated heterocycles. The zero-order chi connectivity index (χ0) is 31.2. The first-order valence-electron chi connectivity index (χ1n) is 15.1. The molecule has 5 rings (SSSR count). The summed E-state index contributed by atoms with van der Waals surface area (Å²) in [5, 5.41) is 2.33. The predicted octanol–water partition coefficient (Wildman–Crippen LogP) is 2.24. The number of sulfonamides is 1. The van der Waals surface area contributed by atoms with Crippen LogP contribution >= 0.6 is 0 Å². The van der Waals surface area contributed by atoms with Crippen LogP contribution in [0.2, 0.25) is 0 Å². The first kappa shape index (κ1) is 31.2. The van der Waals surface area contributed by atoms with Crippen LogP contribution in [0.1, 0.15) is 77.8 Å². The van der Waals surface area contributed by atoms with Crippen LogP contribution in [0, 0.1) is 17.8 Å².